The summed E-state index contributed by atoms with van der Waals surface area (Å²) in [6, 6.07) is 13.5. The Labute approximate surface area is 153 Å². The zero-order valence-corrected chi connectivity index (χ0v) is 15.3. The fourth-order valence-electron chi connectivity index (χ4n) is 2.83. The van der Waals surface area contributed by atoms with Crippen molar-refractivity contribution in [3.8, 4) is 5.75 Å². The summed E-state index contributed by atoms with van der Waals surface area (Å²) in [5.41, 5.74) is 1.09. The van der Waals surface area contributed by atoms with Gasteiger partial charge in [0.15, 0.2) is 0 Å². The summed E-state index contributed by atoms with van der Waals surface area (Å²) >= 11 is 0. The number of hydrogen-bond acceptors (Lipinski definition) is 5. The van der Waals surface area contributed by atoms with Crippen molar-refractivity contribution in [2.45, 2.75) is 11.8 Å². The van der Waals surface area contributed by atoms with E-state index in [-0.39, 0.29) is 17.3 Å². The third-order valence-corrected chi connectivity index (χ3v) is 5.37. The lowest BCUT2D eigenvalue weighted by atomic mass is 10.2. The van der Waals surface area contributed by atoms with Crippen molar-refractivity contribution in [2.24, 2.45) is 0 Å². The van der Waals surface area contributed by atoms with Crippen molar-refractivity contribution in [1.82, 2.24) is 5.32 Å². The van der Waals surface area contributed by atoms with E-state index < -0.39 is 10.0 Å². The minimum atomic E-state index is -3.84. The maximum absolute atomic E-state index is 12.9. The van der Waals surface area contributed by atoms with E-state index >= 15 is 0 Å². The van der Waals surface area contributed by atoms with Gasteiger partial charge in [0.1, 0.15) is 10.6 Å². The Morgan fingerprint density at radius 1 is 1.15 bits per heavy atom. The van der Waals surface area contributed by atoms with Gasteiger partial charge in [0.05, 0.1) is 24.5 Å². The zero-order chi connectivity index (χ0) is 18.6. The van der Waals surface area contributed by atoms with Crippen LogP contribution in [0.15, 0.2) is 53.4 Å². The normalized spacial score (nSPS) is 14.7. The summed E-state index contributed by atoms with van der Waals surface area (Å²) in [6.45, 7) is 3.49. The molecule has 1 aliphatic heterocycles. The summed E-state index contributed by atoms with van der Waals surface area (Å²) in [7, 11) is -3.84. The van der Waals surface area contributed by atoms with Gasteiger partial charge in [-0.3, -0.25) is 9.52 Å². The molecule has 0 saturated carbocycles. The Balaban J connectivity index is 1.93. The molecule has 0 aliphatic carbocycles. The van der Waals surface area contributed by atoms with Crippen LogP contribution in [-0.4, -0.2) is 40.6 Å². The first-order valence-corrected chi connectivity index (χ1v) is 9.85. The largest absolute Gasteiger partial charge is 0.492 e. The molecule has 1 aliphatic rings. The highest BCUT2D eigenvalue weighted by molar-refractivity contribution is 7.92. The molecule has 0 unspecified atom stereocenters. The Morgan fingerprint density at radius 2 is 1.88 bits per heavy atom. The van der Waals surface area contributed by atoms with Crippen molar-refractivity contribution < 1.29 is 17.9 Å². The van der Waals surface area contributed by atoms with Gasteiger partial charge >= 0.3 is 0 Å². The summed E-state index contributed by atoms with van der Waals surface area (Å²) in [5.74, 6) is 0.216. The first-order valence-electron chi connectivity index (χ1n) is 8.36. The first-order chi connectivity index (χ1) is 12.5. The molecule has 0 bridgehead atoms. The second-order valence-electron chi connectivity index (χ2n) is 5.77. The molecule has 7 nitrogen and oxygen atoms in total. The number of nitrogens with zero attached hydrogens (tertiary/aromatic N) is 1. The number of rotatable bonds is 6. The molecule has 1 fully saturated rings. The van der Waals surface area contributed by atoms with Crippen LogP contribution in [-0.2, 0) is 14.8 Å². The fraction of sp³-hybridized carbons (Fsp3) is 0.278. The van der Waals surface area contributed by atoms with Gasteiger partial charge in [-0.15, -0.1) is 0 Å². The van der Waals surface area contributed by atoms with Gasteiger partial charge in [-0.05, 0) is 31.2 Å². The molecule has 1 amide bonds. The van der Waals surface area contributed by atoms with Crippen LogP contribution in [0, 0.1) is 0 Å². The maximum atomic E-state index is 12.9. The molecular formula is C18H21N3O4S. The molecule has 26 heavy (non-hydrogen) atoms. The third-order valence-electron chi connectivity index (χ3n) is 3.97. The number of anilines is 2. The Bertz CT molecular complexity index is 899. The number of carbonyl (C=O) groups is 1. The van der Waals surface area contributed by atoms with Crippen molar-refractivity contribution in [1.29, 1.82) is 0 Å². The van der Waals surface area contributed by atoms with Crippen LogP contribution in [0.5, 0.6) is 5.75 Å². The van der Waals surface area contributed by atoms with E-state index in [1.807, 2.05) is 11.0 Å². The lowest BCUT2D eigenvalue weighted by molar-refractivity contribution is -0.120. The standard InChI is InChI=1S/C18H21N3O4S/c1-2-25-16-9-5-6-10-17(16)26(23,24)20-14-7-3-4-8-15(14)21-12-11-19-18(22)13-21/h3-10,20H,2,11-13H2,1H3,(H,19,22). The highest BCUT2D eigenvalue weighted by Crippen LogP contribution is 2.31. The van der Waals surface area contributed by atoms with Gasteiger partial charge in [0, 0.05) is 13.1 Å². The monoisotopic (exact) mass is 375 g/mol. The molecule has 2 N–H and O–H groups in total. The van der Waals surface area contributed by atoms with Crippen molar-refractivity contribution in [3.05, 3.63) is 48.5 Å². The Morgan fingerprint density at radius 3 is 2.65 bits per heavy atom. The Kier molecular flexibility index (Phi) is 5.32. The van der Waals surface area contributed by atoms with E-state index in [9.17, 15) is 13.2 Å². The molecule has 0 radical (unpaired) electrons. The van der Waals surface area contributed by atoms with Crippen molar-refractivity contribution in [3.63, 3.8) is 0 Å². The van der Waals surface area contributed by atoms with Crippen molar-refractivity contribution in [2.75, 3.05) is 35.9 Å². The number of amides is 1. The van der Waals surface area contributed by atoms with Gasteiger partial charge in [0.25, 0.3) is 10.0 Å². The van der Waals surface area contributed by atoms with Crippen LogP contribution in [0.25, 0.3) is 0 Å². The van der Waals surface area contributed by atoms with E-state index in [1.54, 1.807) is 43.3 Å². The average molecular weight is 375 g/mol. The summed E-state index contributed by atoms with van der Waals surface area (Å²) in [4.78, 5) is 13.6. The molecule has 0 aromatic heterocycles. The lowest BCUT2D eigenvalue weighted by Crippen LogP contribution is -2.47. The molecule has 0 atom stereocenters. The van der Waals surface area contributed by atoms with Gasteiger partial charge in [-0.1, -0.05) is 24.3 Å². The average Bonchev–Trinajstić information content (AvgIpc) is 2.62. The van der Waals surface area contributed by atoms with E-state index in [4.69, 9.17) is 4.74 Å². The van der Waals surface area contributed by atoms with E-state index in [0.29, 0.717) is 36.8 Å². The minimum absolute atomic E-state index is 0.0769. The second-order valence-corrected chi connectivity index (χ2v) is 7.42. The summed E-state index contributed by atoms with van der Waals surface area (Å²) in [5, 5.41) is 2.76. The molecule has 138 valence electrons. The number of hydrogen-bond donors (Lipinski definition) is 2. The van der Waals surface area contributed by atoms with E-state index in [2.05, 4.69) is 10.0 Å². The van der Waals surface area contributed by atoms with Crippen molar-refractivity contribution >= 4 is 27.3 Å². The molecule has 2 aromatic carbocycles. The SMILES string of the molecule is CCOc1ccccc1S(=O)(=O)Nc1ccccc1N1CCNC(=O)C1. The van der Waals surface area contributed by atoms with Crippen LogP contribution in [0.4, 0.5) is 11.4 Å². The highest BCUT2D eigenvalue weighted by Gasteiger charge is 2.23. The predicted octanol–water partition coefficient (Wildman–Crippen LogP) is 1.82. The van der Waals surface area contributed by atoms with Gasteiger partial charge in [-0.25, -0.2) is 8.42 Å². The fourth-order valence-corrected chi connectivity index (χ4v) is 4.05. The summed E-state index contributed by atoms with van der Waals surface area (Å²) < 4.78 is 33.9. The van der Waals surface area contributed by atoms with Crippen LogP contribution < -0.4 is 19.7 Å². The molecular weight excluding hydrogens is 354 g/mol. The third kappa shape index (κ3) is 3.91. The number of nitrogens with one attached hydrogen (secondary N) is 2. The summed E-state index contributed by atoms with van der Waals surface area (Å²) in [6.07, 6.45) is 0. The van der Waals surface area contributed by atoms with Crippen LogP contribution in [0.3, 0.4) is 0 Å². The molecule has 8 heteroatoms. The van der Waals surface area contributed by atoms with Crippen LogP contribution in [0.1, 0.15) is 6.92 Å². The maximum Gasteiger partial charge on any atom is 0.265 e. The second kappa shape index (κ2) is 7.65. The quantitative estimate of drug-likeness (QED) is 0.804. The minimum Gasteiger partial charge on any atom is -0.492 e. The number of para-hydroxylation sites is 3. The van der Waals surface area contributed by atoms with Gasteiger partial charge in [0.2, 0.25) is 5.91 Å². The molecule has 3 rings (SSSR count). The number of ether oxygens (including phenoxy) is 1. The topological polar surface area (TPSA) is 87.7 Å². The number of sulfonamides is 1. The van der Waals surface area contributed by atoms with Crippen LogP contribution in [0.2, 0.25) is 0 Å². The molecule has 2 aromatic rings. The zero-order valence-electron chi connectivity index (χ0n) is 14.4. The number of piperazine rings is 1. The Hall–Kier alpha value is -2.74. The lowest BCUT2D eigenvalue weighted by Gasteiger charge is -2.30. The van der Waals surface area contributed by atoms with Gasteiger partial charge < -0.3 is 15.0 Å². The number of carbonyl (C=O) groups excluding carboxylic acids is 1. The van der Waals surface area contributed by atoms with Gasteiger partial charge in [-0.2, -0.15) is 0 Å². The molecule has 1 saturated heterocycles. The highest BCUT2D eigenvalue weighted by atomic mass is 32.2. The molecule has 0 spiro atoms. The van der Waals surface area contributed by atoms with E-state index in [1.165, 1.54) is 6.07 Å². The first kappa shape index (κ1) is 18.1. The number of benzene rings is 2. The predicted molar refractivity (Wildman–Crippen MR) is 100 cm³/mol. The van der Waals surface area contributed by atoms with E-state index in [0.717, 1.165) is 0 Å². The molecule has 1 heterocycles. The van der Waals surface area contributed by atoms with Crippen LogP contribution >= 0.6 is 0 Å². The smallest absolute Gasteiger partial charge is 0.265 e.